The zero-order valence-corrected chi connectivity index (χ0v) is 15.2. The fourth-order valence-corrected chi connectivity index (χ4v) is 3.24. The Kier molecular flexibility index (Phi) is 8.07. The predicted octanol–water partition coefficient (Wildman–Crippen LogP) is 4.29. The van der Waals surface area contributed by atoms with E-state index in [-0.39, 0.29) is 24.8 Å². The van der Waals surface area contributed by atoms with Crippen LogP contribution in [-0.2, 0) is 6.54 Å². The van der Waals surface area contributed by atoms with Gasteiger partial charge in [-0.25, -0.2) is 0 Å². The predicted molar refractivity (Wildman–Crippen MR) is 104 cm³/mol. The number of nitrogens with zero attached hydrogens (tertiary/aromatic N) is 1. The molecule has 0 radical (unpaired) electrons. The molecule has 4 heteroatoms. The summed E-state index contributed by atoms with van der Waals surface area (Å²) in [5.41, 5.74) is 11.2. The van der Waals surface area contributed by atoms with Crippen LogP contribution < -0.4 is 5.73 Å². The van der Waals surface area contributed by atoms with Crippen molar-refractivity contribution >= 4 is 24.8 Å². The maximum atomic E-state index is 5.78. The minimum atomic E-state index is 0. The maximum absolute atomic E-state index is 5.78. The number of likely N-dealkylation sites (tertiary alicyclic amines) is 1. The van der Waals surface area contributed by atoms with E-state index in [1.807, 2.05) is 0 Å². The zero-order chi connectivity index (χ0) is 14.7. The van der Waals surface area contributed by atoms with Crippen molar-refractivity contribution in [2.24, 2.45) is 11.7 Å². The van der Waals surface area contributed by atoms with Crippen molar-refractivity contribution in [2.45, 2.75) is 19.9 Å². The molecular weight excluding hydrogens is 327 g/mol. The molecule has 2 aromatic carbocycles. The molecule has 23 heavy (non-hydrogen) atoms. The highest BCUT2D eigenvalue weighted by molar-refractivity contribution is 5.85. The van der Waals surface area contributed by atoms with Crippen LogP contribution in [0.3, 0.4) is 0 Å². The van der Waals surface area contributed by atoms with Gasteiger partial charge in [-0.1, -0.05) is 42.5 Å². The Balaban J connectivity index is 0.00000132. The van der Waals surface area contributed by atoms with Crippen LogP contribution >= 0.6 is 24.8 Å². The minimum Gasteiger partial charge on any atom is -0.330 e. The lowest BCUT2D eigenvalue weighted by Gasteiger charge is -2.16. The van der Waals surface area contributed by atoms with Crippen molar-refractivity contribution in [3.63, 3.8) is 0 Å². The van der Waals surface area contributed by atoms with E-state index in [2.05, 4.69) is 60.4 Å². The van der Waals surface area contributed by atoms with Crippen molar-refractivity contribution in [3.05, 3.63) is 59.7 Å². The highest BCUT2D eigenvalue weighted by atomic mass is 35.5. The molecule has 1 fully saturated rings. The van der Waals surface area contributed by atoms with Gasteiger partial charge in [-0.2, -0.15) is 0 Å². The van der Waals surface area contributed by atoms with Gasteiger partial charge < -0.3 is 5.73 Å². The summed E-state index contributed by atoms with van der Waals surface area (Å²) in [6, 6.07) is 17.5. The van der Waals surface area contributed by atoms with E-state index in [1.165, 1.54) is 35.2 Å². The standard InChI is InChI=1S/C19H24N2.2ClH/c1-15-5-2-3-8-19(15)18-7-4-6-16(11-18)13-21-10-9-17(12-20)14-21;;/h2-8,11,17H,9-10,12-14,20H2,1H3;2*1H. The molecule has 2 nitrogen and oxygen atoms in total. The lowest BCUT2D eigenvalue weighted by atomic mass is 9.99. The average molecular weight is 353 g/mol. The van der Waals surface area contributed by atoms with Crippen LogP contribution in [0.25, 0.3) is 11.1 Å². The third-order valence-corrected chi connectivity index (χ3v) is 4.49. The molecule has 1 aliphatic heterocycles. The van der Waals surface area contributed by atoms with Gasteiger partial charge in [0.15, 0.2) is 0 Å². The molecule has 0 amide bonds. The molecular formula is C19H26Cl2N2. The van der Waals surface area contributed by atoms with Crippen molar-refractivity contribution in [1.82, 2.24) is 4.90 Å². The van der Waals surface area contributed by atoms with Gasteiger partial charge in [0, 0.05) is 13.1 Å². The molecule has 0 spiro atoms. The maximum Gasteiger partial charge on any atom is 0.0234 e. The highest BCUT2D eigenvalue weighted by Gasteiger charge is 2.20. The van der Waals surface area contributed by atoms with E-state index >= 15 is 0 Å². The third-order valence-electron chi connectivity index (χ3n) is 4.49. The topological polar surface area (TPSA) is 29.3 Å². The summed E-state index contributed by atoms with van der Waals surface area (Å²) >= 11 is 0. The van der Waals surface area contributed by atoms with E-state index < -0.39 is 0 Å². The second kappa shape index (κ2) is 9.29. The summed E-state index contributed by atoms with van der Waals surface area (Å²) in [5.74, 6) is 0.685. The molecule has 0 aromatic heterocycles. The molecule has 0 aliphatic carbocycles. The molecule has 2 aromatic rings. The van der Waals surface area contributed by atoms with Gasteiger partial charge in [0.1, 0.15) is 0 Å². The molecule has 2 N–H and O–H groups in total. The molecule has 126 valence electrons. The first-order valence-electron chi connectivity index (χ1n) is 7.83. The lowest BCUT2D eigenvalue weighted by Crippen LogP contribution is -2.22. The minimum absolute atomic E-state index is 0. The number of benzene rings is 2. The number of halogens is 2. The van der Waals surface area contributed by atoms with Gasteiger partial charge >= 0.3 is 0 Å². The van der Waals surface area contributed by atoms with Gasteiger partial charge in [-0.05, 0) is 60.7 Å². The lowest BCUT2D eigenvalue weighted by molar-refractivity contribution is 0.318. The first-order valence-corrected chi connectivity index (χ1v) is 7.83. The summed E-state index contributed by atoms with van der Waals surface area (Å²) in [5, 5.41) is 0. The van der Waals surface area contributed by atoms with E-state index in [0.29, 0.717) is 5.92 Å². The van der Waals surface area contributed by atoms with E-state index in [4.69, 9.17) is 5.73 Å². The summed E-state index contributed by atoms with van der Waals surface area (Å²) in [7, 11) is 0. The second-order valence-corrected chi connectivity index (χ2v) is 6.14. The third kappa shape index (κ3) is 4.95. The van der Waals surface area contributed by atoms with Crippen LogP contribution in [-0.4, -0.2) is 24.5 Å². The van der Waals surface area contributed by atoms with Crippen LogP contribution in [0.5, 0.6) is 0 Å². The van der Waals surface area contributed by atoms with Crippen molar-refractivity contribution in [2.75, 3.05) is 19.6 Å². The van der Waals surface area contributed by atoms with E-state index in [1.54, 1.807) is 0 Å². The molecule has 1 atom stereocenters. The normalized spacial score (nSPS) is 17.4. The monoisotopic (exact) mass is 352 g/mol. The van der Waals surface area contributed by atoms with Gasteiger partial charge in [0.05, 0.1) is 0 Å². The Morgan fingerprint density at radius 1 is 1.09 bits per heavy atom. The number of hydrogen-bond acceptors (Lipinski definition) is 2. The quantitative estimate of drug-likeness (QED) is 0.889. The molecule has 3 rings (SSSR count). The van der Waals surface area contributed by atoms with Crippen LogP contribution in [0, 0.1) is 12.8 Å². The summed E-state index contributed by atoms with van der Waals surface area (Å²) in [6.45, 7) is 6.35. The highest BCUT2D eigenvalue weighted by Crippen LogP contribution is 2.25. The van der Waals surface area contributed by atoms with Gasteiger partial charge in [0.2, 0.25) is 0 Å². The molecule has 1 unspecified atom stereocenters. The summed E-state index contributed by atoms with van der Waals surface area (Å²) in [4.78, 5) is 2.52. The SMILES string of the molecule is Cc1ccccc1-c1cccc(CN2CCC(CN)C2)c1.Cl.Cl. The number of nitrogens with two attached hydrogens (primary N) is 1. The smallest absolute Gasteiger partial charge is 0.0234 e. The summed E-state index contributed by atoms with van der Waals surface area (Å²) < 4.78 is 0. The molecule has 1 aliphatic rings. The fraction of sp³-hybridized carbons (Fsp3) is 0.368. The first kappa shape index (κ1) is 20.0. The molecule has 1 saturated heterocycles. The van der Waals surface area contributed by atoms with Crippen LogP contribution in [0.15, 0.2) is 48.5 Å². The molecule has 0 saturated carbocycles. The van der Waals surface area contributed by atoms with Crippen LogP contribution in [0.1, 0.15) is 17.5 Å². The van der Waals surface area contributed by atoms with Crippen LogP contribution in [0.2, 0.25) is 0 Å². The van der Waals surface area contributed by atoms with Gasteiger partial charge in [-0.15, -0.1) is 24.8 Å². The van der Waals surface area contributed by atoms with Crippen molar-refractivity contribution < 1.29 is 0 Å². The number of hydrogen-bond donors (Lipinski definition) is 1. The average Bonchev–Trinajstić information content (AvgIpc) is 2.96. The number of aryl methyl sites for hydroxylation is 1. The number of rotatable bonds is 4. The van der Waals surface area contributed by atoms with E-state index in [9.17, 15) is 0 Å². The Bertz CT molecular complexity index is 616. The van der Waals surface area contributed by atoms with Gasteiger partial charge in [-0.3, -0.25) is 4.90 Å². The van der Waals surface area contributed by atoms with Crippen molar-refractivity contribution in [1.29, 1.82) is 0 Å². The van der Waals surface area contributed by atoms with Crippen LogP contribution in [0.4, 0.5) is 0 Å². The summed E-state index contributed by atoms with van der Waals surface area (Å²) in [6.07, 6.45) is 1.24. The molecule has 1 heterocycles. The fourth-order valence-electron chi connectivity index (χ4n) is 3.24. The van der Waals surface area contributed by atoms with E-state index in [0.717, 1.165) is 19.6 Å². The first-order chi connectivity index (χ1) is 10.3. The Morgan fingerprint density at radius 2 is 1.87 bits per heavy atom. The Morgan fingerprint density at radius 3 is 2.57 bits per heavy atom. The Labute approximate surface area is 151 Å². The largest absolute Gasteiger partial charge is 0.330 e. The van der Waals surface area contributed by atoms with Gasteiger partial charge in [0.25, 0.3) is 0 Å². The molecule has 0 bridgehead atoms. The second-order valence-electron chi connectivity index (χ2n) is 6.14. The van der Waals surface area contributed by atoms with Crippen molar-refractivity contribution in [3.8, 4) is 11.1 Å². The zero-order valence-electron chi connectivity index (χ0n) is 13.6. The Hall–Kier alpha value is -1.06.